The first-order chi connectivity index (χ1) is 5.25. The molecule has 0 radical (unpaired) electrons. The predicted octanol–water partition coefficient (Wildman–Crippen LogP) is 3.26. The lowest BCUT2D eigenvalue weighted by molar-refractivity contribution is 0.706. The van der Waals surface area contributed by atoms with Crippen molar-refractivity contribution in [3.8, 4) is 0 Å². The molecule has 0 spiro atoms. The fourth-order valence-electron chi connectivity index (χ4n) is 1.94. The topological polar surface area (TPSA) is 0 Å². The van der Waals surface area contributed by atoms with Gasteiger partial charge in [0, 0.05) is 11.5 Å². The fourth-order valence-corrected chi connectivity index (χ4v) is 2.09. The molecule has 0 amide bonds. The average Bonchev–Trinajstić information content (AvgIpc) is 2.45. The van der Waals surface area contributed by atoms with Gasteiger partial charge in [0.2, 0.25) is 0 Å². The normalized spacial score (nSPS) is 32.6. The Labute approximate surface area is 72.2 Å². The first-order valence-corrected chi connectivity index (χ1v) is 4.35. The zero-order valence-corrected chi connectivity index (χ0v) is 7.14. The summed E-state index contributed by atoms with van der Waals surface area (Å²) in [6, 6.07) is 0. The van der Waals surface area contributed by atoms with Crippen molar-refractivity contribution in [2.24, 2.45) is 11.8 Å². The van der Waals surface area contributed by atoms with Crippen LogP contribution in [0.4, 0.5) is 0 Å². The Morgan fingerprint density at radius 2 is 2.45 bits per heavy atom. The molecular formula is C10H11Cl. The highest BCUT2D eigenvalue weighted by atomic mass is 35.5. The molecule has 0 aliphatic heterocycles. The summed E-state index contributed by atoms with van der Waals surface area (Å²) in [4.78, 5) is 0. The Bertz CT molecular complexity index is 248. The van der Waals surface area contributed by atoms with E-state index in [0.717, 1.165) is 11.5 Å². The molecule has 0 fully saturated rings. The van der Waals surface area contributed by atoms with Crippen LogP contribution in [0, 0.1) is 11.8 Å². The van der Waals surface area contributed by atoms with Gasteiger partial charge in [-0.25, -0.2) is 0 Å². The number of hydrogen-bond acceptors (Lipinski definition) is 0. The molecule has 58 valence electrons. The van der Waals surface area contributed by atoms with Crippen LogP contribution >= 0.6 is 11.6 Å². The van der Waals surface area contributed by atoms with Gasteiger partial charge in [0.15, 0.2) is 0 Å². The molecule has 0 N–H and O–H groups in total. The Kier molecular flexibility index (Phi) is 1.65. The third kappa shape index (κ3) is 1.28. The molecule has 2 aliphatic carbocycles. The van der Waals surface area contributed by atoms with Gasteiger partial charge in [-0.1, -0.05) is 42.0 Å². The van der Waals surface area contributed by atoms with Crippen molar-refractivity contribution in [3.63, 3.8) is 0 Å². The van der Waals surface area contributed by atoms with Gasteiger partial charge in [0.25, 0.3) is 0 Å². The zero-order valence-electron chi connectivity index (χ0n) is 6.39. The van der Waals surface area contributed by atoms with Crippen LogP contribution in [0.15, 0.2) is 35.4 Å². The molecule has 2 aliphatic rings. The Morgan fingerprint density at radius 3 is 2.91 bits per heavy atom. The molecule has 11 heavy (non-hydrogen) atoms. The first-order valence-electron chi connectivity index (χ1n) is 3.98. The zero-order chi connectivity index (χ0) is 7.84. The van der Waals surface area contributed by atoms with Crippen molar-refractivity contribution in [1.82, 2.24) is 0 Å². The van der Waals surface area contributed by atoms with E-state index in [4.69, 9.17) is 11.6 Å². The molecule has 1 heteroatoms. The minimum absolute atomic E-state index is 0.676. The molecule has 2 bridgehead atoms. The van der Waals surface area contributed by atoms with E-state index in [-0.39, 0.29) is 0 Å². The monoisotopic (exact) mass is 166 g/mol. The van der Waals surface area contributed by atoms with Crippen LogP contribution < -0.4 is 0 Å². The summed E-state index contributed by atoms with van der Waals surface area (Å²) in [6.45, 7) is 3.70. The Hall–Kier alpha value is -0.490. The number of allylic oxidation sites excluding steroid dienone is 5. The summed E-state index contributed by atoms with van der Waals surface area (Å²) in [5.74, 6) is 1.38. The maximum absolute atomic E-state index is 5.74. The maximum atomic E-state index is 5.74. The van der Waals surface area contributed by atoms with Crippen LogP contribution in [0.1, 0.15) is 12.8 Å². The van der Waals surface area contributed by atoms with E-state index < -0.39 is 0 Å². The number of rotatable bonds is 2. The van der Waals surface area contributed by atoms with E-state index in [1.807, 2.05) is 0 Å². The van der Waals surface area contributed by atoms with Crippen LogP contribution in [0.3, 0.4) is 0 Å². The van der Waals surface area contributed by atoms with Gasteiger partial charge in [-0.3, -0.25) is 0 Å². The molecule has 2 rings (SSSR count). The smallest absolute Gasteiger partial charge is 0.0149 e. The van der Waals surface area contributed by atoms with E-state index in [0.29, 0.717) is 11.8 Å². The van der Waals surface area contributed by atoms with Crippen LogP contribution in [0.25, 0.3) is 0 Å². The highest BCUT2D eigenvalue weighted by molar-refractivity contribution is 6.29. The van der Waals surface area contributed by atoms with Crippen molar-refractivity contribution in [3.05, 3.63) is 35.4 Å². The van der Waals surface area contributed by atoms with E-state index in [2.05, 4.69) is 24.8 Å². The summed E-state index contributed by atoms with van der Waals surface area (Å²) in [6.07, 6.45) is 9.07. The molecule has 0 nitrogen and oxygen atoms in total. The maximum Gasteiger partial charge on any atom is 0.0149 e. The Morgan fingerprint density at radius 1 is 1.64 bits per heavy atom. The minimum atomic E-state index is 0.676. The summed E-state index contributed by atoms with van der Waals surface area (Å²) >= 11 is 5.74. The minimum Gasteiger partial charge on any atom is -0.0894 e. The highest BCUT2D eigenvalue weighted by Crippen LogP contribution is 2.40. The third-order valence-corrected chi connectivity index (χ3v) is 2.55. The first kappa shape index (κ1) is 7.17. The average molecular weight is 167 g/mol. The molecule has 0 aromatic heterocycles. The van der Waals surface area contributed by atoms with Crippen molar-refractivity contribution in [1.29, 1.82) is 0 Å². The molecule has 0 heterocycles. The fraction of sp³-hybridized carbons (Fsp3) is 0.400. The lowest BCUT2D eigenvalue weighted by atomic mass is 10.0. The molecular weight excluding hydrogens is 156 g/mol. The molecule has 0 aromatic rings. The van der Waals surface area contributed by atoms with Gasteiger partial charge < -0.3 is 0 Å². The summed E-state index contributed by atoms with van der Waals surface area (Å²) in [5.41, 5.74) is 1.47. The second-order valence-corrected chi connectivity index (χ2v) is 3.86. The summed E-state index contributed by atoms with van der Waals surface area (Å²) in [5, 5.41) is 0.761. The lowest BCUT2D eigenvalue weighted by Crippen LogP contribution is -1.92. The van der Waals surface area contributed by atoms with E-state index in [9.17, 15) is 0 Å². The molecule has 0 saturated carbocycles. The van der Waals surface area contributed by atoms with Crippen molar-refractivity contribution in [2.45, 2.75) is 12.8 Å². The lowest BCUT2D eigenvalue weighted by Gasteiger charge is -2.07. The van der Waals surface area contributed by atoms with Crippen molar-refractivity contribution < 1.29 is 0 Å². The standard InChI is InChI=1S/C10H11Cl/c1-7(11)4-10-6-8-2-3-9(10)5-8/h2-3,6,8-9H,1,4-5H2/t8-,9+/m1/s1. The number of hydrogen-bond donors (Lipinski definition) is 0. The van der Waals surface area contributed by atoms with Gasteiger partial charge in [-0.05, 0) is 18.3 Å². The van der Waals surface area contributed by atoms with Gasteiger partial charge >= 0.3 is 0 Å². The summed E-state index contributed by atoms with van der Waals surface area (Å²) in [7, 11) is 0. The highest BCUT2D eigenvalue weighted by Gasteiger charge is 2.27. The molecule has 0 unspecified atom stereocenters. The SMILES string of the molecule is C=C(Cl)CC1=C[C@@H]2C=C[C@H]1C2. The molecule has 2 atom stereocenters. The van der Waals surface area contributed by atoms with E-state index >= 15 is 0 Å². The van der Waals surface area contributed by atoms with Gasteiger partial charge in [-0.2, -0.15) is 0 Å². The van der Waals surface area contributed by atoms with Crippen LogP contribution in [0.2, 0.25) is 0 Å². The van der Waals surface area contributed by atoms with Gasteiger partial charge in [0.05, 0.1) is 0 Å². The van der Waals surface area contributed by atoms with Gasteiger partial charge in [-0.15, -0.1) is 0 Å². The third-order valence-electron chi connectivity index (χ3n) is 2.42. The van der Waals surface area contributed by atoms with E-state index in [1.165, 1.54) is 12.0 Å². The second-order valence-electron chi connectivity index (χ2n) is 3.33. The van der Waals surface area contributed by atoms with Crippen LogP contribution in [-0.2, 0) is 0 Å². The van der Waals surface area contributed by atoms with Crippen molar-refractivity contribution >= 4 is 11.6 Å². The second kappa shape index (κ2) is 2.53. The number of fused-ring (bicyclic) bond motifs is 2. The van der Waals surface area contributed by atoms with Crippen LogP contribution in [0.5, 0.6) is 0 Å². The van der Waals surface area contributed by atoms with Gasteiger partial charge in [0.1, 0.15) is 0 Å². The van der Waals surface area contributed by atoms with Crippen molar-refractivity contribution in [2.75, 3.05) is 0 Å². The van der Waals surface area contributed by atoms with Crippen LogP contribution in [-0.4, -0.2) is 0 Å². The van der Waals surface area contributed by atoms with E-state index in [1.54, 1.807) is 0 Å². The quantitative estimate of drug-likeness (QED) is 0.553. The number of halogens is 1. The summed E-state index contributed by atoms with van der Waals surface area (Å²) < 4.78 is 0. The Balaban J connectivity index is 2.08. The molecule has 0 saturated heterocycles. The predicted molar refractivity (Wildman–Crippen MR) is 48.4 cm³/mol. The molecule has 0 aromatic carbocycles. The largest absolute Gasteiger partial charge is 0.0894 e.